The fourth-order valence-corrected chi connectivity index (χ4v) is 3.19. The van der Waals surface area contributed by atoms with Crippen LogP contribution in [0.15, 0.2) is 5.38 Å². The van der Waals surface area contributed by atoms with Crippen molar-refractivity contribution in [2.45, 2.75) is 38.2 Å². The molecule has 3 heteroatoms. The number of nitrogens with zero attached hydrogens (tertiary/aromatic N) is 1. The number of fused-ring (bicyclic) bond motifs is 1. The van der Waals surface area contributed by atoms with Gasteiger partial charge in [0.05, 0.1) is 18.6 Å². The first kappa shape index (κ1) is 9.70. The summed E-state index contributed by atoms with van der Waals surface area (Å²) in [5.41, 5.74) is 2.33. The van der Waals surface area contributed by atoms with Gasteiger partial charge in [-0.3, -0.25) is 0 Å². The third kappa shape index (κ3) is 1.68. The van der Waals surface area contributed by atoms with Gasteiger partial charge in [0.2, 0.25) is 0 Å². The molecule has 0 aliphatic heterocycles. The van der Waals surface area contributed by atoms with E-state index in [1.807, 2.05) is 11.4 Å². The maximum Gasteiger partial charge on any atom is 0.0930 e. The number of aryl methyl sites for hydroxylation is 1. The predicted octanol–water partition coefficient (Wildman–Crippen LogP) is 2.57. The zero-order valence-electron chi connectivity index (χ0n) is 7.99. The Morgan fingerprint density at radius 1 is 1.50 bits per heavy atom. The third-order valence-electron chi connectivity index (χ3n) is 2.74. The molecule has 0 spiro atoms. The number of hydrogen-bond acceptors (Lipinski definition) is 3. The minimum absolute atomic E-state index is 0.211. The van der Waals surface area contributed by atoms with Crippen molar-refractivity contribution in [1.29, 1.82) is 5.26 Å². The molecule has 1 aromatic heterocycles. The molecule has 14 heavy (non-hydrogen) atoms. The second-order valence-electron chi connectivity index (χ2n) is 3.68. The molecule has 0 fully saturated rings. The van der Waals surface area contributed by atoms with Crippen molar-refractivity contribution < 1.29 is 5.11 Å². The smallest absolute Gasteiger partial charge is 0.0930 e. The average Bonchev–Trinajstić information content (AvgIpc) is 2.61. The largest absolute Gasteiger partial charge is 0.387 e. The van der Waals surface area contributed by atoms with Crippen LogP contribution < -0.4 is 0 Å². The molecule has 0 saturated carbocycles. The summed E-state index contributed by atoms with van der Waals surface area (Å²) in [6.07, 6.45) is 4.36. The monoisotopic (exact) mass is 207 g/mol. The van der Waals surface area contributed by atoms with E-state index >= 15 is 0 Å². The Balaban J connectivity index is 2.26. The number of thiophene rings is 1. The van der Waals surface area contributed by atoms with E-state index in [0.29, 0.717) is 0 Å². The molecule has 1 atom stereocenters. The summed E-state index contributed by atoms with van der Waals surface area (Å²) in [7, 11) is 0. The summed E-state index contributed by atoms with van der Waals surface area (Å²) in [5.74, 6) is 0. The SMILES string of the molecule is N#CCC(O)c1csc2c1CCCC2. The molecule has 1 aromatic rings. The van der Waals surface area contributed by atoms with E-state index < -0.39 is 6.10 Å². The van der Waals surface area contributed by atoms with Gasteiger partial charge in [-0.2, -0.15) is 5.26 Å². The van der Waals surface area contributed by atoms with Crippen LogP contribution in [0, 0.1) is 11.3 Å². The van der Waals surface area contributed by atoms with Gasteiger partial charge in [0.1, 0.15) is 0 Å². The van der Waals surface area contributed by atoms with E-state index in [-0.39, 0.29) is 6.42 Å². The van der Waals surface area contributed by atoms with Gasteiger partial charge in [0.15, 0.2) is 0 Å². The van der Waals surface area contributed by atoms with Crippen LogP contribution in [0.1, 0.15) is 41.4 Å². The number of rotatable bonds is 2. The third-order valence-corrected chi connectivity index (χ3v) is 3.84. The Morgan fingerprint density at radius 3 is 3.07 bits per heavy atom. The van der Waals surface area contributed by atoms with Crippen LogP contribution in [0.5, 0.6) is 0 Å². The van der Waals surface area contributed by atoms with Gasteiger partial charge < -0.3 is 5.11 Å². The van der Waals surface area contributed by atoms with Crippen molar-refractivity contribution >= 4 is 11.3 Å². The van der Waals surface area contributed by atoms with Gasteiger partial charge >= 0.3 is 0 Å². The van der Waals surface area contributed by atoms with Crippen LogP contribution in [0.3, 0.4) is 0 Å². The van der Waals surface area contributed by atoms with Crippen molar-refractivity contribution in [3.63, 3.8) is 0 Å². The Bertz CT molecular complexity index is 364. The van der Waals surface area contributed by atoms with E-state index in [2.05, 4.69) is 0 Å². The molecular weight excluding hydrogens is 194 g/mol. The fourth-order valence-electron chi connectivity index (χ4n) is 1.99. The van der Waals surface area contributed by atoms with E-state index in [1.54, 1.807) is 11.3 Å². The van der Waals surface area contributed by atoms with Crippen LogP contribution in [0.25, 0.3) is 0 Å². The summed E-state index contributed by atoms with van der Waals surface area (Å²) in [6, 6.07) is 2.02. The van der Waals surface area contributed by atoms with Crippen molar-refractivity contribution in [2.24, 2.45) is 0 Å². The van der Waals surface area contributed by atoms with E-state index in [9.17, 15) is 5.11 Å². The summed E-state index contributed by atoms with van der Waals surface area (Å²) < 4.78 is 0. The van der Waals surface area contributed by atoms with Crippen LogP contribution in [0.2, 0.25) is 0 Å². The molecule has 0 radical (unpaired) electrons. The molecule has 1 unspecified atom stereocenters. The maximum atomic E-state index is 9.75. The second kappa shape index (κ2) is 4.12. The van der Waals surface area contributed by atoms with Gasteiger partial charge in [0.25, 0.3) is 0 Å². The molecular formula is C11H13NOS. The Labute approximate surface area is 87.8 Å². The number of hydrogen-bond donors (Lipinski definition) is 1. The summed E-state index contributed by atoms with van der Waals surface area (Å²) >= 11 is 1.74. The van der Waals surface area contributed by atoms with Crippen molar-refractivity contribution in [1.82, 2.24) is 0 Å². The molecule has 1 aliphatic rings. The molecule has 2 rings (SSSR count). The molecule has 0 amide bonds. The topological polar surface area (TPSA) is 44.0 Å². The Morgan fingerprint density at radius 2 is 2.29 bits per heavy atom. The molecule has 2 nitrogen and oxygen atoms in total. The highest BCUT2D eigenvalue weighted by atomic mass is 32.1. The van der Waals surface area contributed by atoms with Gasteiger partial charge in [0, 0.05) is 4.88 Å². The van der Waals surface area contributed by atoms with E-state index in [4.69, 9.17) is 5.26 Å². The molecule has 1 heterocycles. The molecule has 0 bridgehead atoms. The van der Waals surface area contributed by atoms with E-state index in [0.717, 1.165) is 18.4 Å². The molecule has 1 N–H and O–H groups in total. The minimum Gasteiger partial charge on any atom is -0.387 e. The molecule has 0 saturated heterocycles. The predicted molar refractivity (Wildman–Crippen MR) is 56.2 cm³/mol. The first-order valence-electron chi connectivity index (χ1n) is 4.97. The standard InChI is InChI=1S/C11H13NOS/c12-6-5-10(13)9-7-14-11-4-2-1-3-8(9)11/h7,10,13H,1-5H2. The average molecular weight is 207 g/mol. The van der Waals surface area contributed by atoms with Crippen molar-refractivity contribution in [2.75, 3.05) is 0 Å². The van der Waals surface area contributed by atoms with Gasteiger partial charge in [-0.05, 0) is 42.2 Å². The Kier molecular flexibility index (Phi) is 2.85. The fraction of sp³-hybridized carbons (Fsp3) is 0.545. The molecule has 0 aromatic carbocycles. The lowest BCUT2D eigenvalue weighted by Crippen LogP contribution is -2.04. The number of aliphatic hydroxyl groups is 1. The maximum absolute atomic E-state index is 9.75. The van der Waals surface area contributed by atoms with E-state index in [1.165, 1.54) is 23.3 Å². The molecule has 1 aliphatic carbocycles. The highest BCUT2D eigenvalue weighted by Gasteiger charge is 2.19. The lowest BCUT2D eigenvalue weighted by atomic mass is 9.93. The van der Waals surface area contributed by atoms with Crippen LogP contribution in [-0.2, 0) is 12.8 Å². The normalized spacial score (nSPS) is 17.1. The first-order valence-corrected chi connectivity index (χ1v) is 5.85. The lowest BCUT2D eigenvalue weighted by molar-refractivity contribution is 0.182. The zero-order valence-corrected chi connectivity index (χ0v) is 8.81. The van der Waals surface area contributed by atoms with Crippen LogP contribution in [0.4, 0.5) is 0 Å². The van der Waals surface area contributed by atoms with Crippen LogP contribution in [-0.4, -0.2) is 5.11 Å². The van der Waals surface area contributed by atoms with Gasteiger partial charge in [-0.15, -0.1) is 11.3 Å². The summed E-state index contributed by atoms with van der Waals surface area (Å²) in [6.45, 7) is 0. The highest BCUT2D eigenvalue weighted by molar-refractivity contribution is 7.10. The minimum atomic E-state index is -0.571. The second-order valence-corrected chi connectivity index (χ2v) is 4.64. The van der Waals surface area contributed by atoms with Gasteiger partial charge in [-0.1, -0.05) is 0 Å². The van der Waals surface area contributed by atoms with Gasteiger partial charge in [-0.25, -0.2) is 0 Å². The van der Waals surface area contributed by atoms with Crippen molar-refractivity contribution in [3.8, 4) is 6.07 Å². The van der Waals surface area contributed by atoms with Crippen molar-refractivity contribution in [3.05, 3.63) is 21.4 Å². The summed E-state index contributed by atoms with van der Waals surface area (Å²) in [5, 5.41) is 20.3. The first-order chi connectivity index (χ1) is 6.83. The molecule has 74 valence electrons. The summed E-state index contributed by atoms with van der Waals surface area (Å²) in [4.78, 5) is 1.42. The number of aliphatic hydroxyl groups excluding tert-OH is 1. The highest BCUT2D eigenvalue weighted by Crippen LogP contribution is 2.34. The Hall–Kier alpha value is -0.850. The van der Waals surface area contributed by atoms with Crippen LogP contribution >= 0.6 is 11.3 Å². The number of nitriles is 1. The lowest BCUT2D eigenvalue weighted by Gasteiger charge is -2.14. The quantitative estimate of drug-likeness (QED) is 0.810. The zero-order chi connectivity index (χ0) is 9.97.